The molecule has 0 unspecified atom stereocenters. The summed E-state index contributed by atoms with van der Waals surface area (Å²) in [5, 5.41) is 3.04. The van der Waals surface area contributed by atoms with Crippen molar-refractivity contribution in [1.29, 1.82) is 0 Å². The molecule has 9 nitrogen and oxygen atoms in total. The van der Waals surface area contributed by atoms with Gasteiger partial charge in [-0.05, 0) is 50.5 Å². The van der Waals surface area contributed by atoms with Crippen LogP contribution in [0.4, 0.5) is 5.69 Å². The number of hydrogen-bond acceptors (Lipinski definition) is 6. The number of ether oxygens (including phenoxy) is 2. The fraction of sp³-hybridized carbons (Fsp3) is 0.375. The van der Waals surface area contributed by atoms with Crippen molar-refractivity contribution >= 4 is 27.5 Å². The molecule has 1 N–H and O–H groups in total. The standard InChI is InChI=1S/C32H39N3O6S/c1-5-24(4)33-32(37)28(18-25-10-8-7-9-11-25)34(20-26-14-12-23(3)13-15-26)31(36)21-35(42(38,39)6-2)27-16-17-29-30(19-27)41-22-40-29/h7-17,19,24,28H,5-6,18,20-22H2,1-4H3,(H,33,37)/t24-,28-/m0/s1. The number of nitrogens with one attached hydrogen (secondary N) is 1. The fourth-order valence-corrected chi connectivity index (χ4v) is 5.70. The Morgan fingerprint density at radius 1 is 0.929 bits per heavy atom. The largest absolute Gasteiger partial charge is 0.454 e. The van der Waals surface area contributed by atoms with Crippen molar-refractivity contribution in [2.75, 3.05) is 23.4 Å². The van der Waals surface area contributed by atoms with Gasteiger partial charge >= 0.3 is 0 Å². The second kappa shape index (κ2) is 13.7. The van der Waals surface area contributed by atoms with E-state index < -0.39 is 28.5 Å². The van der Waals surface area contributed by atoms with Gasteiger partial charge in [0.1, 0.15) is 12.6 Å². The number of rotatable bonds is 13. The highest BCUT2D eigenvalue weighted by molar-refractivity contribution is 7.92. The molecule has 0 saturated carbocycles. The minimum absolute atomic E-state index is 0.0367. The maximum absolute atomic E-state index is 14.3. The van der Waals surface area contributed by atoms with Crippen LogP contribution in [0.25, 0.3) is 0 Å². The van der Waals surface area contributed by atoms with Gasteiger partial charge in [-0.15, -0.1) is 0 Å². The number of amides is 2. The summed E-state index contributed by atoms with van der Waals surface area (Å²) < 4.78 is 38.6. The maximum Gasteiger partial charge on any atom is 0.244 e. The summed E-state index contributed by atoms with van der Waals surface area (Å²) in [4.78, 5) is 29.5. The summed E-state index contributed by atoms with van der Waals surface area (Å²) >= 11 is 0. The molecule has 10 heteroatoms. The van der Waals surface area contributed by atoms with Gasteiger partial charge < -0.3 is 19.7 Å². The third-order valence-corrected chi connectivity index (χ3v) is 9.11. The lowest BCUT2D eigenvalue weighted by Gasteiger charge is -2.34. The van der Waals surface area contributed by atoms with Crippen LogP contribution in [0.5, 0.6) is 11.5 Å². The zero-order valence-corrected chi connectivity index (χ0v) is 25.4. The molecule has 42 heavy (non-hydrogen) atoms. The summed E-state index contributed by atoms with van der Waals surface area (Å²) in [6.07, 6.45) is 0.994. The van der Waals surface area contributed by atoms with Crippen LogP contribution in [0.15, 0.2) is 72.8 Å². The summed E-state index contributed by atoms with van der Waals surface area (Å²) in [6.45, 7) is 7.08. The Morgan fingerprint density at radius 3 is 2.29 bits per heavy atom. The zero-order chi connectivity index (χ0) is 30.3. The summed E-state index contributed by atoms with van der Waals surface area (Å²) in [5.74, 6) is -0.0893. The van der Waals surface area contributed by atoms with Crippen LogP contribution in [0.3, 0.4) is 0 Å². The molecule has 1 aliphatic heterocycles. The Balaban J connectivity index is 1.74. The Morgan fingerprint density at radius 2 is 1.62 bits per heavy atom. The quantitative estimate of drug-likeness (QED) is 0.314. The third-order valence-electron chi connectivity index (χ3n) is 7.37. The SMILES string of the molecule is CC[C@H](C)NC(=O)[C@H](Cc1ccccc1)N(Cc1ccc(C)cc1)C(=O)CN(c1ccc2c(c1)OCO2)S(=O)(=O)CC. The minimum atomic E-state index is -3.88. The third kappa shape index (κ3) is 7.61. The highest BCUT2D eigenvalue weighted by atomic mass is 32.2. The van der Waals surface area contributed by atoms with Gasteiger partial charge in [0.15, 0.2) is 11.5 Å². The molecule has 0 aliphatic carbocycles. The molecule has 0 fully saturated rings. The minimum Gasteiger partial charge on any atom is -0.454 e. The molecule has 0 spiro atoms. The lowest BCUT2D eigenvalue weighted by Crippen LogP contribution is -2.54. The molecule has 2 atom stereocenters. The first-order valence-electron chi connectivity index (χ1n) is 14.2. The van der Waals surface area contributed by atoms with E-state index in [1.54, 1.807) is 18.2 Å². The van der Waals surface area contributed by atoms with Gasteiger partial charge in [-0.25, -0.2) is 8.42 Å². The average molecular weight is 594 g/mol. The highest BCUT2D eigenvalue weighted by Gasteiger charge is 2.34. The Bertz CT molecular complexity index is 1480. The number of benzene rings is 3. The van der Waals surface area contributed by atoms with Crippen molar-refractivity contribution in [3.8, 4) is 11.5 Å². The molecule has 1 heterocycles. The number of fused-ring (bicyclic) bond motifs is 1. The number of aryl methyl sites for hydroxylation is 1. The van der Waals surface area contributed by atoms with E-state index in [0.29, 0.717) is 11.5 Å². The van der Waals surface area contributed by atoms with E-state index in [0.717, 1.165) is 27.4 Å². The lowest BCUT2D eigenvalue weighted by atomic mass is 10.0. The summed E-state index contributed by atoms with van der Waals surface area (Å²) in [6, 6.07) is 21.0. The molecular weight excluding hydrogens is 554 g/mol. The van der Waals surface area contributed by atoms with E-state index in [1.807, 2.05) is 75.4 Å². The van der Waals surface area contributed by atoms with Crippen LogP contribution in [0.2, 0.25) is 0 Å². The van der Waals surface area contributed by atoms with Gasteiger partial charge in [-0.1, -0.05) is 67.1 Å². The molecule has 0 saturated heterocycles. The van der Waals surface area contributed by atoms with Crippen LogP contribution in [-0.2, 0) is 32.6 Å². The van der Waals surface area contributed by atoms with Crippen molar-refractivity contribution in [3.05, 3.63) is 89.5 Å². The molecule has 4 rings (SSSR count). The van der Waals surface area contributed by atoms with Crippen molar-refractivity contribution in [3.63, 3.8) is 0 Å². The van der Waals surface area contributed by atoms with E-state index in [4.69, 9.17) is 9.47 Å². The highest BCUT2D eigenvalue weighted by Crippen LogP contribution is 2.36. The van der Waals surface area contributed by atoms with Crippen LogP contribution in [0, 0.1) is 6.92 Å². The Labute approximate surface area is 248 Å². The molecule has 3 aromatic carbocycles. The van der Waals surface area contributed by atoms with Gasteiger partial charge in [0.05, 0.1) is 11.4 Å². The van der Waals surface area contributed by atoms with Gasteiger partial charge in [0, 0.05) is 25.1 Å². The number of carbonyl (C=O) groups excluding carboxylic acids is 2. The van der Waals surface area contributed by atoms with Crippen LogP contribution in [-0.4, -0.2) is 56.3 Å². The predicted molar refractivity (Wildman–Crippen MR) is 163 cm³/mol. The fourth-order valence-electron chi connectivity index (χ4n) is 4.65. The predicted octanol–water partition coefficient (Wildman–Crippen LogP) is 4.43. The Hall–Kier alpha value is -4.05. The molecule has 0 bridgehead atoms. The van der Waals surface area contributed by atoms with Crippen LogP contribution < -0.4 is 19.1 Å². The molecule has 2 amide bonds. The molecule has 224 valence electrons. The van der Waals surface area contributed by atoms with E-state index in [2.05, 4.69) is 5.32 Å². The van der Waals surface area contributed by atoms with Crippen LogP contribution in [0.1, 0.15) is 43.9 Å². The first-order chi connectivity index (χ1) is 20.1. The van der Waals surface area contributed by atoms with Gasteiger partial charge in [0.2, 0.25) is 28.6 Å². The van der Waals surface area contributed by atoms with Gasteiger partial charge in [-0.2, -0.15) is 0 Å². The number of nitrogens with zero attached hydrogens (tertiary/aromatic N) is 2. The average Bonchev–Trinajstić information content (AvgIpc) is 3.47. The normalized spacial score (nSPS) is 13.7. The number of hydrogen-bond donors (Lipinski definition) is 1. The van der Waals surface area contributed by atoms with Gasteiger partial charge in [0.25, 0.3) is 0 Å². The first-order valence-corrected chi connectivity index (χ1v) is 15.8. The van der Waals surface area contributed by atoms with E-state index >= 15 is 0 Å². The molecule has 3 aromatic rings. The van der Waals surface area contributed by atoms with Crippen LogP contribution >= 0.6 is 0 Å². The van der Waals surface area contributed by atoms with Crippen molar-refractivity contribution in [2.45, 2.75) is 59.2 Å². The van der Waals surface area contributed by atoms with E-state index in [1.165, 1.54) is 11.8 Å². The summed E-state index contributed by atoms with van der Waals surface area (Å²) in [5.41, 5.74) is 3.07. The zero-order valence-electron chi connectivity index (χ0n) is 24.6. The molecule has 0 radical (unpaired) electrons. The number of carbonyl (C=O) groups is 2. The second-order valence-electron chi connectivity index (χ2n) is 10.5. The monoisotopic (exact) mass is 593 g/mol. The lowest BCUT2D eigenvalue weighted by molar-refractivity contribution is -0.140. The van der Waals surface area contributed by atoms with Gasteiger partial charge in [-0.3, -0.25) is 13.9 Å². The maximum atomic E-state index is 14.3. The smallest absolute Gasteiger partial charge is 0.244 e. The molecular formula is C32H39N3O6S. The van der Waals surface area contributed by atoms with Crippen molar-refractivity contribution in [1.82, 2.24) is 10.2 Å². The van der Waals surface area contributed by atoms with Crippen molar-refractivity contribution < 1.29 is 27.5 Å². The Kier molecular flexibility index (Phi) is 10.1. The van der Waals surface area contributed by atoms with E-state index in [9.17, 15) is 18.0 Å². The first kappa shape index (κ1) is 30.9. The number of sulfonamides is 1. The molecule has 1 aliphatic rings. The topological polar surface area (TPSA) is 105 Å². The number of anilines is 1. The van der Waals surface area contributed by atoms with E-state index in [-0.39, 0.29) is 43.1 Å². The molecule has 0 aromatic heterocycles. The second-order valence-corrected chi connectivity index (χ2v) is 12.7. The summed E-state index contributed by atoms with van der Waals surface area (Å²) in [7, 11) is -3.88. The van der Waals surface area contributed by atoms with Crippen molar-refractivity contribution in [2.24, 2.45) is 0 Å².